The number of rotatable bonds is 14. The van der Waals surface area contributed by atoms with Crippen LogP contribution in [0, 0.1) is 0 Å². The van der Waals surface area contributed by atoms with Crippen LogP contribution in [0.2, 0.25) is 0 Å². The minimum Gasteiger partial charge on any atom is -0.495 e. The number of aliphatic hydroxyl groups is 1. The molecule has 0 aromatic heterocycles. The van der Waals surface area contributed by atoms with Gasteiger partial charge in [0.15, 0.2) is 0 Å². The lowest BCUT2D eigenvalue weighted by Gasteiger charge is -2.30. The van der Waals surface area contributed by atoms with E-state index in [-0.39, 0.29) is 11.4 Å². The third-order valence-electron chi connectivity index (χ3n) is 5.19. The summed E-state index contributed by atoms with van der Waals surface area (Å²) in [5.41, 5.74) is 0.418. The molecule has 0 bridgehead atoms. The van der Waals surface area contributed by atoms with Crippen molar-refractivity contribution in [3.63, 3.8) is 0 Å². The molecule has 1 N–H and O–H groups in total. The van der Waals surface area contributed by atoms with Crippen molar-refractivity contribution in [3.8, 4) is 5.75 Å². The maximum absolute atomic E-state index is 13.5. The Labute approximate surface area is 187 Å². The zero-order valence-corrected chi connectivity index (χ0v) is 19.7. The maximum atomic E-state index is 13.5. The Hall–Kier alpha value is -2.09. The Bertz CT molecular complexity index is 866. The van der Waals surface area contributed by atoms with E-state index in [1.165, 1.54) is 11.4 Å². The quantitative estimate of drug-likeness (QED) is 0.470. The van der Waals surface area contributed by atoms with Crippen LogP contribution in [-0.2, 0) is 10.0 Å². The molecule has 31 heavy (non-hydrogen) atoms. The third kappa shape index (κ3) is 7.23. The number of anilines is 1. The number of methoxy groups -OCH3 is 1. The van der Waals surface area contributed by atoms with Crippen LogP contribution >= 0.6 is 0 Å². The van der Waals surface area contributed by atoms with Gasteiger partial charge in [-0.15, -0.1) is 0 Å². The van der Waals surface area contributed by atoms with E-state index in [1.54, 1.807) is 54.6 Å². The number of benzene rings is 2. The molecule has 0 saturated heterocycles. The van der Waals surface area contributed by atoms with E-state index in [1.807, 2.05) is 0 Å². The van der Waals surface area contributed by atoms with E-state index >= 15 is 0 Å². The Morgan fingerprint density at radius 2 is 1.48 bits per heavy atom. The summed E-state index contributed by atoms with van der Waals surface area (Å²) in [6.07, 6.45) is 3.42. The lowest BCUT2D eigenvalue weighted by Crippen LogP contribution is -2.43. The molecule has 2 aromatic carbocycles. The standard InChI is InChI=1S/C24H36N2O4S/c1-4-6-17-25(18-7-5-2)19-21(27)20-26(23-15-11-12-16-24(23)30-3)31(28,29)22-13-9-8-10-14-22/h8-16,21,27H,4-7,17-20H2,1-3H3. The minimum absolute atomic E-state index is 0.0493. The van der Waals surface area contributed by atoms with Crippen molar-refractivity contribution in [1.82, 2.24) is 4.90 Å². The van der Waals surface area contributed by atoms with Crippen molar-refractivity contribution in [1.29, 1.82) is 0 Å². The summed E-state index contributed by atoms with van der Waals surface area (Å²) in [6, 6.07) is 15.3. The van der Waals surface area contributed by atoms with Crippen molar-refractivity contribution in [2.45, 2.75) is 50.5 Å². The molecular formula is C24H36N2O4S. The predicted molar refractivity (Wildman–Crippen MR) is 126 cm³/mol. The van der Waals surface area contributed by atoms with Gasteiger partial charge >= 0.3 is 0 Å². The number of ether oxygens (including phenoxy) is 1. The van der Waals surface area contributed by atoms with Crippen LogP contribution in [0.25, 0.3) is 0 Å². The molecule has 0 saturated carbocycles. The fourth-order valence-electron chi connectivity index (χ4n) is 3.49. The van der Waals surface area contributed by atoms with E-state index in [9.17, 15) is 13.5 Å². The van der Waals surface area contributed by atoms with Crippen LogP contribution in [0.15, 0.2) is 59.5 Å². The van der Waals surface area contributed by atoms with Crippen molar-refractivity contribution in [2.24, 2.45) is 0 Å². The molecule has 0 heterocycles. The highest BCUT2D eigenvalue weighted by molar-refractivity contribution is 7.92. The Morgan fingerprint density at radius 3 is 2.06 bits per heavy atom. The second-order valence-electron chi connectivity index (χ2n) is 7.68. The molecule has 0 aliphatic heterocycles. The summed E-state index contributed by atoms with van der Waals surface area (Å²) in [5, 5.41) is 10.9. The number of aliphatic hydroxyl groups excluding tert-OH is 1. The first-order valence-electron chi connectivity index (χ1n) is 11.0. The Morgan fingerprint density at radius 1 is 0.903 bits per heavy atom. The molecule has 1 atom stereocenters. The second kappa shape index (κ2) is 12.7. The highest BCUT2D eigenvalue weighted by Crippen LogP contribution is 2.32. The molecule has 0 fully saturated rings. The topological polar surface area (TPSA) is 70.1 Å². The van der Waals surface area contributed by atoms with Crippen molar-refractivity contribution < 1.29 is 18.3 Å². The number of para-hydroxylation sites is 2. The van der Waals surface area contributed by atoms with Gasteiger partial charge in [-0.25, -0.2) is 8.42 Å². The van der Waals surface area contributed by atoms with Crippen molar-refractivity contribution in [2.75, 3.05) is 37.6 Å². The summed E-state index contributed by atoms with van der Waals surface area (Å²) in [6.45, 7) is 6.46. The van der Waals surface area contributed by atoms with Gasteiger partial charge in [0, 0.05) is 6.54 Å². The van der Waals surface area contributed by atoms with Gasteiger partial charge in [0.1, 0.15) is 5.75 Å². The molecule has 0 aliphatic carbocycles. The normalized spacial score (nSPS) is 12.7. The van der Waals surface area contributed by atoms with Gasteiger partial charge in [0.25, 0.3) is 10.0 Å². The van der Waals surface area contributed by atoms with Gasteiger partial charge in [-0.1, -0.05) is 57.0 Å². The van der Waals surface area contributed by atoms with E-state index in [2.05, 4.69) is 18.7 Å². The lowest BCUT2D eigenvalue weighted by molar-refractivity contribution is 0.117. The van der Waals surface area contributed by atoms with Gasteiger partial charge < -0.3 is 14.7 Å². The number of nitrogens with zero attached hydrogens (tertiary/aromatic N) is 2. The lowest BCUT2D eigenvalue weighted by atomic mass is 10.2. The molecule has 1 unspecified atom stereocenters. The average molecular weight is 449 g/mol. The van der Waals surface area contributed by atoms with Gasteiger partial charge in [-0.2, -0.15) is 0 Å². The molecule has 2 aromatic rings. The van der Waals surface area contributed by atoms with Gasteiger partial charge in [-0.3, -0.25) is 4.31 Å². The van der Waals surface area contributed by atoms with E-state index in [0.717, 1.165) is 38.8 Å². The number of sulfonamides is 1. The van der Waals surface area contributed by atoms with Crippen LogP contribution in [0.4, 0.5) is 5.69 Å². The molecule has 6 nitrogen and oxygen atoms in total. The summed E-state index contributed by atoms with van der Waals surface area (Å²) in [4.78, 5) is 2.41. The summed E-state index contributed by atoms with van der Waals surface area (Å²) >= 11 is 0. The SMILES string of the molecule is CCCCN(CCCC)CC(O)CN(c1ccccc1OC)S(=O)(=O)c1ccccc1. The molecule has 0 aliphatic rings. The fraction of sp³-hybridized carbons (Fsp3) is 0.500. The fourth-order valence-corrected chi connectivity index (χ4v) is 5.02. The van der Waals surface area contributed by atoms with Crippen LogP contribution in [0.1, 0.15) is 39.5 Å². The first kappa shape index (κ1) is 25.2. The first-order chi connectivity index (χ1) is 14.9. The molecule has 0 spiro atoms. The predicted octanol–water partition coefficient (Wildman–Crippen LogP) is 4.15. The van der Waals surface area contributed by atoms with Crippen molar-refractivity contribution in [3.05, 3.63) is 54.6 Å². The van der Waals surface area contributed by atoms with Crippen LogP contribution < -0.4 is 9.04 Å². The maximum Gasteiger partial charge on any atom is 0.264 e. The summed E-state index contributed by atoms with van der Waals surface area (Å²) in [5.74, 6) is 0.447. The number of hydrogen-bond acceptors (Lipinski definition) is 5. The van der Waals surface area contributed by atoms with Crippen LogP contribution in [0.3, 0.4) is 0 Å². The highest BCUT2D eigenvalue weighted by atomic mass is 32.2. The van der Waals surface area contributed by atoms with E-state index in [4.69, 9.17) is 4.74 Å². The Kier molecular flexibility index (Phi) is 10.3. The molecular weight excluding hydrogens is 412 g/mol. The van der Waals surface area contributed by atoms with Crippen LogP contribution in [-0.4, -0.2) is 57.8 Å². The molecule has 2 rings (SSSR count). The third-order valence-corrected chi connectivity index (χ3v) is 6.98. The smallest absolute Gasteiger partial charge is 0.264 e. The van der Waals surface area contributed by atoms with Crippen LogP contribution in [0.5, 0.6) is 5.75 Å². The summed E-state index contributed by atoms with van der Waals surface area (Å²) in [7, 11) is -2.36. The molecule has 172 valence electrons. The Balaban J connectivity index is 2.32. The second-order valence-corrected chi connectivity index (χ2v) is 9.54. The molecule has 7 heteroatoms. The van der Waals surface area contributed by atoms with E-state index < -0.39 is 16.1 Å². The summed E-state index contributed by atoms with van der Waals surface area (Å²) < 4.78 is 33.7. The minimum atomic E-state index is -3.88. The largest absolute Gasteiger partial charge is 0.495 e. The van der Waals surface area contributed by atoms with E-state index in [0.29, 0.717) is 18.0 Å². The highest BCUT2D eigenvalue weighted by Gasteiger charge is 2.29. The molecule has 0 amide bonds. The number of unbranched alkanes of at least 4 members (excludes halogenated alkanes) is 2. The van der Waals surface area contributed by atoms with Gasteiger partial charge in [0.05, 0.1) is 30.3 Å². The zero-order valence-electron chi connectivity index (χ0n) is 18.9. The average Bonchev–Trinajstić information content (AvgIpc) is 2.79. The monoisotopic (exact) mass is 448 g/mol. The van der Waals surface area contributed by atoms with Crippen molar-refractivity contribution >= 4 is 15.7 Å². The zero-order chi connectivity index (χ0) is 22.7. The van der Waals surface area contributed by atoms with Gasteiger partial charge in [0.2, 0.25) is 0 Å². The molecule has 0 radical (unpaired) electrons. The first-order valence-corrected chi connectivity index (χ1v) is 12.5. The number of hydrogen-bond donors (Lipinski definition) is 1. The van der Waals surface area contributed by atoms with Gasteiger partial charge in [-0.05, 0) is 50.2 Å².